The van der Waals surface area contributed by atoms with E-state index in [1.54, 1.807) is 13.8 Å². The van der Waals surface area contributed by atoms with E-state index in [9.17, 15) is 18.0 Å². The normalized spacial score (nSPS) is 15.9. The van der Waals surface area contributed by atoms with Crippen molar-refractivity contribution in [3.8, 4) is 0 Å². The Bertz CT molecular complexity index is 218. The first-order chi connectivity index (χ1) is 6.72. The van der Waals surface area contributed by atoms with E-state index < -0.39 is 24.0 Å². The topological polar surface area (TPSA) is 55.1 Å². The van der Waals surface area contributed by atoms with Gasteiger partial charge in [-0.3, -0.25) is 4.79 Å². The van der Waals surface area contributed by atoms with Gasteiger partial charge in [-0.2, -0.15) is 13.2 Å². The van der Waals surface area contributed by atoms with E-state index in [2.05, 4.69) is 5.32 Å². The Balaban J connectivity index is 4.24. The quantitative estimate of drug-likeness (QED) is 0.747. The van der Waals surface area contributed by atoms with Gasteiger partial charge >= 0.3 is 6.18 Å². The maximum absolute atomic E-state index is 11.9. The average Bonchev–Trinajstić information content (AvgIpc) is 2.00. The molecule has 0 aromatic carbocycles. The van der Waals surface area contributed by atoms with Gasteiger partial charge in [0.1, 0.15) is 6.42 Å². The van der Waals surface area contributed by atoms with E-state index in [4.69, 9.17) is 5.73 Å². The largest absolute Gasteiger partial charge is 0.397 e. The highest BCUT2D eigenvalue weighted by Gasteiger charge is 2.33. The predicted molar refractivity (Wildman–Crippen MR) is 51.2 cm³/mol. The lowest BCUT2D eigenvalue weighted by Gasteiger charge is -2.29. The molecule has 90 valence electrons. The molecule has 0 radical (unpaired) electrons. The highest BCUT2D eigenvalue weighted by Crippen LogP contribution is 2.21. The molecular formula is C9H17F3N2O. The lowest BCUT2D eigenvalue weighted by Crippen LogP contribution is -2.47. The Hall–Kier alpha value is -0.780. The smallest absolute Gasteiger partial charge is 0.351 e. The molecule has 15 heavy (non-hydrogen) atoms. The van der Waals surface area contributed by atoms with E-state index in [0.717, 1.165) is 0 Å². The molecule has 0 aliphatic carbocycles. The van der Waals surface area contributed by atoms with Gasteiger partial charge in [-0.25, -0.2) is 0 Å². The summed E-state index contributed by atoms with van der Waals surface area (Å²) in [7, 11) is 0. The SMILES string of the molecule is CCC(C)(CCN)NC(=O)CC(F)(F)F. The van der Waals surface area contributed by atoms with Crippen LogP contribution in [0.2, 0.25) is 0 Å². The summed E-state index contributed by atoms with van der Waals surface area (Å²) in [5.41, 5.74) is 4.68. The zero-order valence-electron chi connectivity index (χ0n) is 8.95. The molecule has 3 nitrogen and oxygen atoms in total. The first kappa shape index (κ1) is 14.2. The molecule has 0 saturated heterocycles. The minimum absolute atomic E-state index is 0.330. The van der Waals surface area contributed by atoms with Crippen molar-refractivity contribution >= 4 is 5.91 Å². The van der Waals surface area contributed by atoms with Crippen molar-refractivity contribution in [3.05, 3.63) is 0 Å². The number of carbonyl (C=O) groups is 1. The third-order valence-electron chi connectivity index (χ3n) is 2.28. The monoisotopic (exact) mass is 226 g/mol. The summed E-state index contributed by atoms with van der Waals surface area (Å²) in [5.74, 6) is -1.000. The van der Waals surface area contributed by atoms with Crippen molar-refractivity contribution in [1.29, 1.82) is 0 Å². The third kappa shape index (κ3) is 6.33. The van der Waals surface area contributed by atoms with Crippen LogP contribution < -0.4 is 11.1 Å². The van der Waals surface area contributed by atoms with Gasteiger partial charge in [0.05, 0.1) is 0 Å². The summed E-state index contributed by atoms with van der Waals surface area (Å²) in [6.45, 7) is 3.81. The Morgan fingerprint density at radius 3 is 2.27 bits per heavy atom. The van der Waals surface area contributed by atoms with Crippen molar-refractivity contribution in [2.75, 3.05) is 6.54 Å². The van der Waals surface area contributed by atoms with Crippen LogP contribution in [0.15, 0.2) is 0 Å². The van der Waals surface area contributed by atoms with Crippen molar-refractivity contribution in [2.45, 2.75) is 44.8 Å². The Labute approximate surface area is 87.2 Å². The predicted octanol–water partition coefficient (Wildman–Crippen LogP) is 1.57. The number of amides is 1. The van der Waals surface area contributed by atoms with Gasteiger partial charge in [0.2, 0.25) is 5.91 Å². The number of halogens is 3. The molecule has 0 aliphatic heterocycles. The van der Waals surface area contributed by atoms with E-state index in [1.807, 2.05) is 0 Å². The van der Waals surface area contributed by atoms with Crippen LogP contribution in [0.1, 0.15) is 33.1 Å². The van der Waals surface area contributed by atoms with E-state index in [0.29, 0.717) is 19.4 Å². The minimum Gasteiger partial charge on any atom is -0.351 e. The highest BCUT2D eigenvalue weighted by atomic mass is 19.4. The molecule has 0 bridgehead atoms. The van der Waals surface area contributed by atoms with Crippen molar-refractivity contribution in [3.63, 3.8) is 0 Å². The Morgan fingerprint density at radius 1 is 1.40 bits per heavy atom. The molecule has 3 N–H and O–H groups in total. The van der Waals surface area contributed by atoms with Crippen LogP contribution in [0.4, 0.5) is 13.2 Å². The fourth-order valence-corrected chi connectivity index (χ4v) is 1.21. The first-order valence-electron chi connectivity index (χ1n) is 4.80. The summed E-state index contributed by atoms with van der Waals surface area (Å²) in [5, 5.41) is 2.36. The summed E-state index contributed by atoms with van der Waals surface area (Å²) in [6, 6.07) is 0. The number of hydrogen-bond acceptors (Lipinski definition) is 2. The second-order valence-corrected chi connectivity index (χ2v) is 3.79. The van der Waals surface area contributed by atoms with Gasteiger partial charge in [0.15, 0.2) is 0 Å². The van der Waals surface area contributed by atoms with Gasteiger partial charge in [0.25, 0.3) is 0 Å². The number of nitrogens with two attached hydrogens (primary N) is 1. The van der Waals surface area contributed by atoms with E-state index in [-0.39, 0.29) is 0 Å². The maximum atomic E-state index is 11.9. The third-order valence-corrected chi connectivity index (χ3v) is 2.28. The molecule has 0 aliphatic rings. The van der Waals surface area contributed by atoms with E-state index >= 15 is 0 Å². The van der Waals surface area contributed by atoms with Crippen molar-refractivity contribution < 1.29 is 18.0 Å². The van der Waals surface area contributed by atoms with Crippen LogP contribution in [0, 0.1) is 0 Å². The number of alkyl halides is 3. The lowest BCUT2D eigenvalue weighted by molar-refractivity contribution is -0.155. The molecule has 1 atom stereocenters. The number of nitrogens with one attached hydrogen (secondary N) is 1. The fraction of sp³-hybridized carbons (Fsp3) is 0.889. The first-order valence-corrected chi connectivity index (χ1v) is 4.80. The number of rotatable bonds is 5. The standard InChI is InChI=1S/C9H17F3N2O/c1-3-8(2,4-5-13)14-7(15)6-9(10,11)12/h3-6,13H2,1-2H3,(H,14,15). The molecular weight excluding hydrogens is 209 g/mol. The second kappa shape index (κ2) is 5.34. The van der Waals surface area contributed by atoms with E-state index in [1.165, 1.54) is 0 Å². The molecule has 1 amide bonds. The molecule has 1 unspecified atom stereocenters. The molecule has 0 saturated carbocycles. The van der Waals surface area contributed by atoms with Crippen LogP contribution in [0.5, 0.6) is 0 Å². The highest BCUT2D eigenvalue weighted by molar-refractivity contribution is 5.77. The minimum atomic E-state index is -4.46. The molecule has 0 aromatic rings. The van der Waals surface area contributed by atoms with Crippen LogP contribution in [-0.4, -0.2) is 24.2 Å². The molecule has 0 rings (SSSR count). The number of hydrogen-bond donors (Lipinski definition) is 2. The van der Waals surface area contributed by atoms with Crippen LogP contribution >= 0.6 is 0 Å². The van der Waals surface area contributed by atoms with Gasteiger partial charge in [-0.15, -0.1) is 0 Å². The summed E-state index contributed by atoms with van der Waals surface area (Å²) in [4.78, 5) is 11.0. The lowest BCUT2D eigenvalue weighted by atomic mass is 9.94. The summed E-state index contributed by atoms with van der Waals surface area (Å²) < 4.78 is 35.7. The van der Waals surface area contributed by atoms with Gasteiger partial charge in [0, 0.05) is 5.54 Å². The molecule has 0 aromatic heterocycles. The molecule has 0 spiro atoms. The van der Waals surface area contributed by atoms with Crippen molar-refractivity contribution in [2.24, 2.45) is 5.73 Å². The summed E-state index contributed by atoms with van der Waals surface area (Å²) >= 11 is 0. The van der Waals surface area contributed by atoms with Crippen LogP contribution in [0.25, 0.3) is 0 Å². The Kier molecular flexibility index (Phi) is 5.07. The van der Waals surface area contributed by atoms with Gasteiger partial charge in [-0.1, -0.05) is 6.92 Å². The summed E-state index contributed by atoms with van der Waals surface area (Å²) in [6.07, 6.45) is -4.88. The molecule has 0 heterocycles. The van der Waals surface area contributed by atoms with Gasteiger partial charge < -0.3 is 11.1 Å². The zero-order chi connectivity index (χ0) is 12.1. The zero-order valence-corrected chi connectivity index (χ0v) is 8.95. The van der Waals surface area contributed by atoms with Crippen molar-refractivity contribution in [1.82, 2.24) is 5.32 Å². The van der Waals surface area contributed by atoms with Gasteiger partial charge in [-0.05, 0) is 26.3 Å². The molecule has 0 fully saturated rings. The Morgan fingerprint density at radius 2 is 1.93 bits per heavy atom. The number of carbonyl (C=O) groups excluding carboxylic acids is 1. The fourth-order valence-electron chi connectivity index (χ4n) is 1.21. The van der Waals surface area contributed by atoms with Crippen LogP contribution in [-0.2, 0) is 4.79 Å². The average molecular weight is 226 g/mol. The van der Waals surface area contributed by atoms with Crippen LogP contribution in [0.3, 0.4) is 0 Å². The second-order valence-electron chi connectivity index (χ2n) is 3.79. The maximum Gasteiger partial charge on any atom is 0.397 e. The molecule has 6 heteroatoms.